The Bertz CT molecular complexity index is 595. The van der Waals surface area contributed by atoms with E-state index in [0.717, 1.165) is 23.7 Å². The summed E-state index contributed by atoms with van der Waals surface area (Å²) in [7, 11) is 0. The lowest BCUT2D eigenvalue weighted by Gasteiger charge is -2.12. The highest BCUT2D eigenvalue weighted by molar-refractivity contribution is 7.99. The Morgan fingerprint density at radius 3 is 3.24 bits per heavy atom. The van der Waals surface area contributed by atoms with E-state index in [1.165, 1.54) is 0 Å². The van der Waals surface area contributed by atoms with Crippen LogP contribution in [0.4, 0.5) is 0 Å². The zero-order chi connectivity index (χ0) is 14.5. The molecule has 1 fully saturated rings. The Labute approximate surface area is 127 Å². The van der Waals surface area contributed by atoms with Crippen LogP contribution in [0.3, 0.4) is 0 Å². The van der Waals surface area contributed by atoms with Crippen LogP contribution in [-0.2, 0) is 6.54 Å². The van der Waals surface area contributed by atoms with Crippen molar-refractivity contribution in [3.8, 4) is 5.88 Å². The molecule has 1 aliphatic rings. The predicted octanol–water partition coefficient (Wildman–Crippen LogP) is 2.49. The van der Waals surface area contributed by atoms with Gasteiger partial charge in [-0.1, -0.05) is 0 Å². The number of amides is 1. The molecule has 1 aliphatic heterocycles. The predicted molar refractivity (Wildman–Crippen MR) is 80.5 cm³/mol. The van der Waals surface area contributed by atoms with Gasteiger partial charge >= 0.3 is 0 Å². The fraction of sp³-hybridized carbons (Fsp3) is 0.333. The minimum absolute atomic E-state index is 0.167. The van der Waals surface area contributed by atoms with E-state index in [-0.39, 0.29) is 12.0 Å². The molecule has 1 unspecified atom stereocenters. The van der Waals surface area contributed by atoms with Crippen molar-refractivity contribution < 1.29 is 13.9 Å². The highest BCUT2D eigenvalue weighted by Crippen LogP contribution is 2.22. The first-order valence-electron chi connectivity index (χ1n) is 6.82. The largest absolute Gasteiger partial charge is 0.473 e. The number of carbonyl (C=O) groups excluding carboxylic acids is 1. The van der Waals surface area contributed by atoms with Gasteiger partial charge in [-0.25, -0.2) is 4.98 Å². The molecular formula is C15H16N2O3S. The fourth-order valence-electron chi connectivity index (χ4n) is 2.07. The van der Waals surface area contributed by atoms with Crippen molar-refractivity contribution in [3.63, 3.8) is 0 Å². The third-order valence-electron chi connectivity index (χ3n) is 3.18. The molecule has 3 rings (SSSR count). The van der Waals surface area contributed by atoms with Gasteiger partial charge in [0.25, 0.3) is 5.91 Å². The summed E-state index contributed by atoms with van der Waals surface area (Å²) in [5, 5.41) is 2.80. The van der Waals surface area contributed by atoms with E-state index in [2.05, 4.69) is 10.3 Å². The minimum atomic E-state index is -0.167. The van der Waals surface area contributed by atoms with Gasteiger partial charge in [-0.15, -0.1) is 0 Å². The fourth-order valence-corrected chi connectivity index (χ4v) is 3.17. The molecule has 0 bridgehead atoms. The molecule has 0 aromatic carbocycles. The normalized spacial score (nSPS) is 17.6. The van der Waals surface area contributed by atoms with Gasteiger partial charge in [-0.2, -0.15) is 11.8 Å². The van der Waals surface area contributed by atoms with Crippen molar-refractivity contribution in [1.82, 2.24) is 10.3 Å². The Kier molecular flexibility index (Phi) is 4.45. The number of nitrogens with one attached hydrogen (secondary N) is 1. The molecule has 0 radical (unpaired) electrons. The van der Waals surface area contributed by atoms with Gasteiger partial charge < -0.3 is 14.5 Å². The van der Waals surface area contributed by atoms with Gasteiger partial charge in [-0.05, 0) is 30.4 Å². The van der Waals surface area contributed by atoms with Crippen LogP contribution in [-0.4, -0.2) is 28.5 Å². The number of hydrogen-bond acceptors (Lipinski definition) is 5. The Morgan fingerprint density at radius 2 is 2.48 bits per heavy atom. The maximum Gasteiger partial charge on any atom is 0.251 e. The molecule has 1 amide bonds. The first kappa shape index (κ1) is 14.0. The van der Waals surface area contributed by atoms with Gasteiger partial charge in [0, 0.05) is 23.6 Å². The summed E-state index contributed by atoms with van der Waals surface area (Å²) in [6.45, 7) is 0.365. The van der Waals surface area contributed by atoms with E-state index in [0.29, 0.717) is 18.0 Å². The van der Waals surface area contributed by atoms with E-state index in [1.807, 2.05) is 17.8 Å². The number of thioether (sulfide) groups is 1. The molecule has 1 atom stereocenters. The molecule has 5 nitrogen and oxygen atoms in total. The molecule has 110 valence electrons. The van der Waals surface area contributed by atoms with E-state index in [9.17, 15) is 4.79 Å². The lowest BCUT2D eigenvalue weighted by molar-refractivity contribution is 0.0947. The first-order chi connectivity index (χ1) is 10.3. The number of carbonyl (C=O) groups is 1. The van der Waals surface area contributed by atoms with Crippen LogP contribution < -0.4 is 10.1 Å². The summed E-state index contributed by atoms with van der Waals surface area (Å²) < 4.78 is 11.0. The molecule has 1 saturated heterocycles. The number of ether oxygens (including phenoxy) is 1. The second kappa shape index (κ2) is 6.67. The maximum absolute atomic E-state index is 12.1. The second-order valence-corrected chi connectivity index (χ2v) is 5.90. The Balaban J connectivity index is 1.60. The van der Waals surface area contributed by atoms with Crippen LogP contribution in [0.15, 0.2) is 41.1 Å². The molecule has 3 heterocycles. The monoisotopic (exact) mass is 304 g/mol. The lowest BCUT2D eigenvalue weighted by atomic mass is 10.2. The number of rotatable bonds is 5. The van der Waals surface area contributed by atoms with E-state index < -0.39 is 0 Å². The summed E-state index contributed by atoms with van der Waals surface area (Å²) in [6, 6.07) is 6.97. The summed E-state index contributed by atoms with van der Waals surface area (Å²) in [6.07, 6.45) is 4.41. The van der Waals surface area contributed by atoms with Crippen LogP contribution in [0.2, 0.25) is 0 Å². The van der Waals surface area contributed by atoms with Crippen LogP contribution in [0.25, 0.3) is 0 Å². The quantitative estimate of drug-likeness (QED) is 0.919. The van der Waals surface area contributed by atoms with Crippen molar-refractivity contribution >= 4 is 17.7 Å². The Hall–Kier alpha value is -1.95. The number of pyridine rings is 1. The average molecular weight is 304 g/mol. The number of hydrogen-bond donors (Lipinski definition) is 1. The molecule has 0 aliphatic carbocycles. The summed E-state index contributed by atoms with van der Waals surface area (Å²) in [5.41, 5.74) is 0.539. The summed E-state index contributed by atoms with van der Waals surface area (Å²) in [5.74, 6) is 3.16. The van der Waals surface area contributed by atoms with Crippen molar-refractivity contribution in [2.45, 2.75) is 19.1 Å². The molecule has 2 aromatic rings. The lowest BCUT2D eigenvalue weighted by Crippen LogP contribution is -2.23. The van der Waals surface area contributed by atoms with Gasteiger partial charge in [0.2, 0.25) is 5.88 Å². The van der Waals surface area contributed by atoms with Crippen LogP contribution in [0.1, 0.15) is 22.5 Å². The van der Waals surface area contributed by atoms with Crippen molar-refractivity contribution in [2.24, 2.45) is 0 Å². The molecule has 6 heteroatoms. The Morgan fingerprint density at radius 1 is 1.52 bits per heavy atom. The van der Waals surface area contributed by atoms with Gasteiger partial charge in [0.15, 0.2) is 0 Å². The second-order valence-electron chi connectivity index (χ2n) is 4.75. The van der Waals surface area contributed by atoms with E-state index in [4.69, 9.17) is 9.15 Å². The molecule has 1 N–H and O–H groups in total. The number of nitrogens with zero attached hydrogens (tertiary/aromatic N) is 1. The third kappa shape index (κ3) is 3.78. The molecule has 21 heavy (non-hydrogen) atoms. The third-order valence-corrected chi connectivity index (χ3v) is 4.31. The SMILES string of the molecule is O=C(NCc1ccco1)c1ccnc(OC2CCSC2)c1. The smallest absolute Gasteiger partial charge is 0.251 e. The van der Waals surface area contributed by atoms with E-state index in [1.54, 1.807) is 30.7 Å². The van der Waals surface area contributed by atoms with Gasteiger partial charge in [0.1, 0.15) is 11.9 Å². The van der Waals surface area contributed by atoms with Crippen LogP contribution in [0.5, 0.6) is 5.88 Å². The van der Waals surface area contributed by atoms with Crippen molar-refractivity contribution in [1.29, 1.82) is 0 Å². The molecule has 0 saturated carbocycles. The highest BCUT2D eigenvalue weighted by atomic mass is 32.2. The number of aromatic nitrogens is 1. The topological polar surface area (TPSA) is 64.4 Å². The molecule has 2 aromatic heterocycles. The minimum Gasteiger partial charge on any atom is -0.473 e. The highest BCUT2D eigenvalue weighted by Gasteiger charge is 2.18. The first-order valence-corrected chi connectivity index (χ1v) is 7.98. The summed E-state index contributed by atoms with van der Waals surface area (Å²) in [4.78, 5) is 16.3. The zero-order valence-electron chi connectivity index (χ0n) is 11.5. The van der Waals surface area contributed by atoms with Crippen LogP contribution in [0, 0.1) is 0 Å². The standard InChI is InChI=1S/C15H16N2O3S/c18-15(17-9-12-2-1-6-19-12)11-3-5-16-14(8-11)20-13-4-7-21-10-13/h1-3,5-6,8,13H,4,7,9-10H2,(H,17,18). The number of furan rings is 1. The van der Waals surface area contributed by atoms with E-state index >= 15 is 0 Å². The molecule has 0 spiro atoms. The molecular weight excluding hydrogens is 288 g/mol. The average Bonchev–Trinajstić information content (AvgIpc) is 3.18. The maximum atomic E-state index is 12.1. The van der Waals surface area contributed by atoms with Crippen molar-refractivity contribution in [3.05, 3.63) is 48.0 Å². The van der Waals surface area contributed by atoms with Gasteiger partial charge in [0.05, 0.1) is 12.8 Å². The summed E-state index contributed by atoms with van der Waals surface area (Å²) >= 11 is 1.88. The van der Waals surface area contributed by atoms with Gasteiger partial charge in [-0.3, -0.25) is 4.79 Å². The van der Waals surface area contributed by atoms with Crippen LogP contribution >= 0.6 is 11.8 Å². The van der Waals surface area contributed by atoms with Crippen molar-refractivity contribution in [2.75, 3.05) is 11.5 Å². The zero-order valence-corrected chi connectivity index (χ0v) is 12.3.